The Kier molecular flexibility index (Phi) is 6.22. The fourth-order valence-corrected chi connectivity index (χ4v) is 2.65. The van der Waals surface area contributed by atoms with Gasteiger partial charge < -0.3 is 10.4 Å². The Hall–Kier alpha value is -1.76. The topological polar surface area (TPSA) is 84.2 Å². The van der Waals surface area contributed by atoms with Crippen LogP contribution in [0.1, 0.15) is 33.3 Å². The molecule has 1 heterocycles. The fourth-order valence-electron chi connectivity index (χ4n) is 1.86. The monoisotopic (exact) mass is 325 g/mol. The Morgan fingerprint density at radius 2 is 2.14 bits per heavy atom. The summed E-state index contributed by atoms with van der Waals surface area (Å²) >= 11 is 1.12. The van der Waals surface area contributed by atoms with E-state index in [0.29, 0.717) is 11.6 Å². The Balaban J connectivity index is 3.02. The van der Waals surface area contributed by atoms with Gasteiger partial charge in [-0.25, -0.2) is 0 Å². The van der Waals surface area contributed by atoms with Crippen molar-refractivity contribution in [1.29, 1.82) is 0 Å². The van der Waals surface area contributed by atoms with E-state index in [2.05, 4.69) is 16.9 Å². The predicted octanol–water partition coefficient (Wildman–Crippen LogP) is 1.70. The Morgan fingerprint density at radius 3 is 2.64 bits per heavy atom. The fraction of sp³-hybridized carbons (Fsp3) is 0.533. The third kappa shape index (κ3) is 4.91. The standard InChI is InChI=1S/C15H23N3O3S/c1-6-8-18-13(21)10(7-2)12(20)16-14(18)22-9-11(19)17-15(3,4)5/h6,20H,1,7-9H2,2-5H3,(H,17,19). The molecule has 1 rings (SSSR count). The van der Waals surface area contributed by atoms with E-state index in [-0.39, 0.29) is 40.7 Å². The smallest absolute Gasteiger partial charge is 0.261 e. The van der Waals surface area contributed by atoms with Gasteiger partial charge in [-0.3, -0.25) is 14.2 Å². The van der Waals surface area contributed by atoms with E-state index in [1.807, 2.05) is 20.8 Å². The van der Waals surface area contributed by atoms with Gasteiger partial charge in [-0.2, -0.15) is 4.98 Å². The normalized spacial score (nSPS) is 11.3. The average Bonchev–Trinajstić information content (AvgIpc) is 2.38. The van der Waals surface area contributed by atoms with E-state index in [1.54, 1.807) is 13.0 Å². The van der Waals surface area contributed by atoms with Crippen molar-refractivity contribution in [2.45, 2.75) is 51.4 Å². The highest BCUT2D eigenvalue weighted by molar-refractivity contribution is 7.99. The van der Waals surface area contributed by atoms with Gasteiger partial charge in [-0.05, 0) is 27.2 Å². The Bertz CT molecular complexity index is 618. The summed E-state index contributed by atoms with van der Waals surface area (Å²) in [5.74, 6) is -0.311. The molecule has 6 nitrogen and oxygen atoms in total. The number of rotatable bonds is 6. The third-order valence-electron chi connectivity index (χ3n) is 2.72. The number of carbonyl (C=O) groups excluding carboxylic acids is 1. The summed E-state index contributed by atoms with van der Waals surface area (Å²) in [5.41, 5.74) is -0.348. The first kappa shape index (κ1) is 18.3. The molecule has 122 valence electrons. The van der Waals surface area contributed by atoms with Crippen LogP contribution in [-0.2, 0) is 17.8 Å². The highest BCUT2D eigenvalue weighted by Gasteiger charge is 2.18. The van der Waals surface area contributed by atoms with Crippen molar-refractivity contribution in [3.63, 3.8) is 0 Å². The molecule has 0 spiro atoms. The number of allylic oxidation sites excluding steroid dienone is 1. The lowest BCUT2D eigenvalue weighted by Gasteiger charge is -2.20. The summed E-state index contributed by atoms with van der Waals surface area (Å²) in [6.07, 6.45) is 1.98. The molecule has 0 fully saturated rings. The predicted molar refractivity (Wildman–Crippen MR) is 88.4 cm³/mol. The number of amides is 1. The van der Waals surface area contributed by atoms with Crippen molar-refractivity contribution >= 4 is 17.7 Å². The molecule has 2 N–H and O–H groups in total. The molecule has 0 saturated heterocycles. The number of carbonyl (C=O) groups is 1. The quantitative estimate of drug-likeness (QED) is 0.472. The lowest BCUT2D eigenvalue weighted by Crippen LogP contribution is -2.41. The first-order valence-corrected chi connectivity index (χ1v) is 8.05. The van der Waals surface area contributed by atoms with Gasteiger partial charge in [0.2, 0.25) is 11.8 Å². The average molecular weight is 325 g/mol. The van der Waals surface area contributed by atoms with Crippen molar-refractivity contribution in [1.82, 2.24) is 14.9 Å². The van der Waals surface area contributed by atoms with Crippen LogP contribution in [0.5, 0.6) is 5.88 Å². The summed E-state index contributed by atoms with van der Waals surface area (Å²) in [5, 5.41) is 13.0. The molecule has 1 aromatic rings. The number of nitrogens with one attached hydrogen (secondary N) is 1. The molecule has 0 radical (unpaired) electrons. The first-order valence-electron chi connectivity index (χ1n) is 7.07. The number of hydrogen-bond donors (Lipinski definition) is 2. The molecule has 0 aliphatic rings. The third-order valence-corrected chi connectivity index (χ3v) is 3.69. The SMILES string of the molecule is C=CCn1c(SCC(=O)NC(C)(C)C)nc(O)c(CC)c1=O. The second-order valence-corrected chi connectivity index (χ2v) is 6.78. The van der Waals surface area contributed by atoms with Crippen LogP contribution in [0.4, 0.5) is 0 Å². The van der Waals surface area contributed by atoms with E-state index in [4.69, 9.17) is 0 Å². The molecule has 1 amide bonds. The lowest BCUT2D eigenvalue weighted by molar-refractivity contribution is -0.119. The highest BCUT2D eigenvalue weighted by Crippen LogP contribution is 2.19. The van der Waals surface area contributed by atoms with Gasteiger partial charge in [0, 0.05) is 12.1 Å². The second-order valence-electron chi connectivity index (χ2n) is 5.84. The zero-order chi connectivity index (χ0) is 16.9. The van der Waals surface area contributed by atoms with Crippen molar-refractivity contribution < 1.29 is 9.90 Å². The van der Waals surface area contributed by atoms with Gasteiger partial charge in [0.25, 0.3) is 5.56 Å². The van der Waals surface area contributed by atoms with E-state index in [1.165, 1.54) is 4.57 Å². The Morgan fingerprint density at radius 1 is 1.50 bits per heavy atom. The molecule has 0 atom stereocenters. The van der Waals surface area contributed by atoms with Crippen LogP contribution in [0.2, 0.25) is 0 Å². The van der Waals surface area contributed by atoms with Gasteiger partial charge in [0.05, 0.1) is 11.3 Å². The summed E-state index contributed by atoms with van der Waals surface area (Å²) in [6.45, 7) is 11.4. The Labute approximate surface area is 134 Å². The summed E-state index contributed by atoms with van der Waals surface area (Å²) in [7, 11) is 0. The van der Waals surface area contributed by atoms with Crippen molar-refractivity contribution in [2.24, 2.45) is 0 Å². The number of thioether (sulfide) groups is 1. The van der Waals surface area contributed by atoms with Gasteiger partial charge in [-0.15, -0.1) is 6.58 Å². The van der Waals surface area contributed by atoms with Crippen molar-refractivity contribution in [3.8, 4) is 5.88 Å². The van der Waals surface area contributed by atoms with Gasteiger partial charge in [0.1, 0.15) is 0 Å². The molecule has 1 aromatic heterocycles. The maximum absolute atomic E-state index is 12.3. The molecule has 0 aliphatic heterocycles. The van der Waals surface area contributed by atoms with Crippen molar-refractivity contribution in [3.05, 3.63) is 28.6 Å². The van der Waals surface area contributed by atoms with Crippen LogP contribution in [-0.4, -0.2) is 31.9 Å². The van der Waals surface area contributed by atoms with E-state index in [0.717, 1.165) is 11.8 Å². The zero-order valence-electron chi connectivity index (χ0n) is 13.5. The van der Waals surface area contributed by atoms with Crippen LogP contribution in [0.3, 0.4) is 0 Å². The molecule has 7 heteroatoms. The molecule has 0 aliphatic carbocycles. The number of hydrogen-bond acceptors (Lipinski definition) is 5. The minimum atomic E-state index is -0.319. The summed E-state index contributed by atoms with van der Waals surface area (Å²) < 4.78 is 1.42. The van der Waals surface area contributed by atoms with Crippen LogP contribution in [0.25, 0.3) is 0 Å². The molecule has 0 saturated carbocycles. The molecule has 0 bridgehead atoms. The second kappa shape index (κ2) is 7.49. The van der Waals surface area contributed by atoms with Crippen LogP contribution in [0, 0.1) is 0 Å². The molecule has 0 aromatic carbocycles. The van der Waals surface area contributed by atoms with Crippen molar-refractivity contribution in [2.75, 3.05) is 5.75 Å². The molecule has 0 unspecified atom stereocenters. The van der Waals surface area contributed by atoms with Crippen LogP contribution < -0.4 is 10.9 Å². The molecular formula is C15H23N3O3S. The van der Waals surface area contributed by atoms with E-state index >= 15 is 0 Å². The molecular weight excluding hydrogens is 302 g/mol. The van der Waals surface area contributed by atoms with Gasteiger partial charge in [-0.1, -0.05) is 24.8 Å². The zero-order valence-corrected chi connectivity index (χ0v) is 14.3. The highest BCUT2D eigenvalue weighted by atomic mass is 32.2. The largest absolute Gasteiger partial charge is 0.493 e. The molecule has 22 heavy (non-hydrogen) atoms. The maximum atomic E-state index is 12.3. The minimum Gasteiger partial charge on any atom is -0.493 e. The summed E-state index contributed by atoms with van der Waals surface area (Å²) in [6, 6.07) is 0. The lowest BCUT2D eigenvalue weighted by atomic mass is 10.1. The van der Waals surface area contributed by atoms with E-state index in [9.17, 15) is 14.7 Å². The summed E-state index contributed by atoms with van der Waals surface area (Å²) in [4.78, 5) is 28.2. The maximum Gasteiger partial charge on any atom is 0.261 e. The number of aromatic nitrogens is 2. The van der Waals surface area contributed by atoms with E-state index < -0.39 is 0 Å². The van der Waals surface area contributed by atoms with Crippen LogP contribution in [0.15, 0.2) is 22.6 Å². The van der Waals surface area contributed by atoms with Crippen LogP contribution >= 0.6 is 11.8 Å². The van der Waals surface area contributed by atoms with Gasteiger partial charge in [0.15, 0.2) is 5.16 Å². The first-order chi connectivity index (χ1) is 10.2. The van der Waals surface area contributed by atoms with Gasteiger partial charge >= 0.3 is 0 Å². The minimum absolute atomic E-state index is 0.117. The number of nitrogens with zero attached hydrogens (tertiary/aromatic N) is 2. The number of aromatic hydroxyl groups is 1.